The minimum atomic E-state index is -0.573. The zero-order valence-electron chi connectivity index (χ0n) is 17.3. The molecule has 0 aliphatic carbocycles. The summed E-state index contributed by atoms with van der Waals surface area (Å²) in [5, 5.41) is 11.5. The third-order valence-corrected chi connectivity index (χ3v) is 4.81. The summed E-state index contributed by atoms with van der Waals surface area (Å²) in [6.07, 6.45) is 0. The van der Waals surface area contributed by atoms with Crippen LogP contribution in [0.3, 0.4) is 0 Å². The highest BCUT2D eigenvalue weighted by Crippen LogP contribution is 2.26. The maximum absolute atomic E-state index is 13.2. The summed E-state index contributed by atoms with van der Waals surface area (Å²) in [5.74, 6) is -0.465. The van der Waals surface area contributed by atoms with Crippen LogP contribution < -0.4 is 10.9 Å². The molecule has 29 heavy (non-hydrogen) atoms. The second-order valence-electron chi connectivity index (χ2n) is 8.25. The normalized spacial score (nSPS) is 11.6. The monoisotopic (exact) mass is 393 g/mol. The van der Waals surface area contributed by atoms with Crippen LogP contribution in [0.25, 0.3) is 22.2 Å². The van der Waals surface area contributed by atoms with Crippen LogP contribution >= 0.6 is 0 Å². The molecule has 0 bridgehead atoms. The zero-order valence-corrected chi connectivity index (χ0v) is 17.3. The Morgan fingerprint density at radius 2 is 1.86 bits per heavy atom. The number of aliphatic hydroxyl groups is 1. The van der Waals surface area contributed by atoms with Gasteiger partial charge in [0, 0.05) is 18.5 Å². The van der Waals surface area contributed by atoms with E-state index in [0.717, 1.165) is 27.7 Å². The molecular formula is C23H27N3O3. The Morgan fingerprint density at radius 1 is 1.14 bits per heavy atom. The Kier molecular flexibility index (Phi) is 5.84. The number of aliphatic hydroxyl groups excluding tert-OH is 1. The van der Waals surface area contributed by atoms with Crippen molar-refractivity contribution >= 4 is 16.9 Å². The lowest BCUT2D eigenvalue weighted by Gasteiger charge is -2.20. The summed E-state index contributed by atoms with van der Waals surface area (Å²) in [7, 11) is 0. The summed E-state index contributed by atoms with van der Waals surface area (Å²) < 4.78 is 1.67. The first-order chi connectivity index (χ1) is 13.7. The number of rotatable bonds is 5. The Labute approximate surface area is 170 Å². The van der Waals surface area contributed by atoms with Crippen molar-refractivity contribution in [3.05, 3.63) is 64.1 Å². The minimum absolute atomic E-state index is 0.162. The molecule has 0 aliphatic heterocycles. The van der Waals surface area contributed by atoms with E-state index >= 15 is 0 Å². The molecule has 0 radical (unpaired) electrons. The molecule has 0 saturated heterocycles. The standard InChI is InChI=1S/C23H27N3O3/c1-15-6-5-7-16(12-15)17-8-9-18-19(13-17)26(11-10-24-20(28)14-27)22(29)21(25-18)23(2,3)4/h5-9,12-13,27H,10-11,14H2,1-4H3,(H,24,28). The number of hydrogen-bond donors (Lipinski definition) is 2. The molecule has 6 nitrogen and oxygen atoms in total. The van der Waals surface area contributed by atoms with Crippen molar-refractivity contribution in [1.82, 2.24) is 14.9 Å². The van der Waals surface area contributed by atoms with Crippen LogP contribution in [0.2, 0.25) is 0 Å². The van der Waals surface area contributed by atoms with Crippen molar-refractivity contribution in [2.24, 2.45) is 0 Å². The van der Waals surface area contributed by atoms with Gasteiger partial charge >= 0.3 is 0 Å². The fourth-order valence-corrected chi connectivity index (χ4v) is 3.32. The lowest BCUT2D eigenvalue weighted by Crippen LogP contribution is -2.36. The van der Waals surface area contributed by atoms with Gasteiger partial charge in [-0.2, -0.15) is 0 Å². The van der Waals surface area contributed by atoms with E-state index in [-0.39, 0.29) is 12.1 Å². The maximum Gasteiger partial charge on any atom is 0.273 e. The molecule has 0 fully saturated rings. The molecule has 152 valence electrons. The molecule has 3 rings (SSSR count). The summed E-state index contributed by atoms with van der Waals surface area (Å²) >= 11 is 0. The summed E-state index contributed by atoms with van der Waals surface area (Å²) in [6, 6.07) is 14.1. The highest BCUT2D eigenvalue weighted by molar-refractivity contribution is 5.82. The fraction of sp³-hybridized carbons (Fsp3) is 0.348. The van der Waals surface area contributed by atoms with E-state index in [1.54, 1.807) is 4.57 Å². The highest BCUT2D eigenvalue weighted by atomic mass is 16.3. The summed E-state index contributed by atoms with van der Waals surface area (Å²) in [4.78, 5) is 29.3. The highest BCUT2D eigenvalue weighted by Gasteiger charge is 2.23. The van der Waals surface area contributed by atoms with E-state index in [1.165, 1.54) is 0 Å². The van der Waals surface area contributed by atoms with Crippen LogP contribution in [0.5, 0.6) is 0 Å². The predicted octanol–water partition coefficient (Wildman–Crippen LogP) is 2.78. The van der Waals surface area contributed by atoms with Crippen LogP contribution in [0.4, 0.5) is 0 Å². The molecule has 1 heterocycles. The number of nitrogens with zero attached hydrogens (tertiary/aromatic N) is 2. The lowest BCUT2D eigenvalue weighted by molar-refractivity contribution is -0.123. The zero-order chi connectivity index (χ0) is 21.2. The second kappa shape index (κ2) is 8.17. The first-order valence-electron chi connectivity index (χ1n) is 9.70. The lowest BCUT2D eigenvalue weighted by atomic mass is 9.92. The van der Waals surface area contributed by atoms with E-state index in [0.29, 0.717) is 12.2 Å². The largest absolute Gasteiger partial charge is 0.387 e. The molecule has 2 N–H and O–H groups in total. The van der Waals surface area contributed by atoms with E-state index in [4.69, 9.17) is 5.11 Å². The topological polar surface area (TPSA) is 84.2 Å². The molecule has 0 spiro atoms. The number of carbonyl (C=O) groups excluding carboxylic acids is 1. The molecule has 0 unspecified atom stereocenters. The molecule has 0 aliphatic rings. The first-order valence-corrected chi connectivity index (χ1v) is 9.70. The van der Waals surface area contributed by atoms with Crippen molar-refractivity contribution in [1.29, 1.82) is 0 Å². The quantitative estimate of drug-likeness (QED) is 0.698. The Hall–Kier alpha value is -2.99. The van der Waals surface area contributed by atoms with Gasteiger partial charge in [0.2, 0.25) is 5.91 Å². The summed E-state index contributed by atoms with van der Waals surface area (Å²) in [6.45, 7) is 7.89. The summed E-state index contributed by atoms with van der Waals surface area (Å²) in [5.41, 5.74) is 4.61. The van der Waals surface area contributed by atoms with E-state index in [1.807, 2.05) is 64.1 Å². The van der Waals surface area contributed by atoms with E-state index in [2.05, 4.69) is 16.4 Å². The number of hydrogen-bond acceptors (Lipinski definition) is 4. The maximum atomic E-state index is 13.2. The fourth-order valence-electron chi connectivity index (χ4n) is 3.32. The Bertz CT molecular complexity index is 1110. The number of benzene rings is 2. The number of aryl methyl sites for hydroxylation is 1. The number of nitrogens with one attached hydrogen (secondary N) is 1. The van der Waals surface area contributed by atoms with Gasteiger partial charge in [-0.05, 0) is 30.2 Å². The van der Waals surface area contributed by atoms with Gasteiger partial charge in [-0.1, -0.05) is 56.7 Å². The second-order valence-corrected chi connectivity index (χ2v) is 8.25. The third kappa shape index (κ3) is 4.54. The van der Waals surface area contributed by atoms with Gasteiger partial charge in [0.25, 0.3) is 5.56 Å². The van der Waals surface area contributed by atoms with Crippen molar-refractivity contribution in [3.63, 3.8) is 0 Å². The van der Waals surface area contributed by atoms with Crippen LogP contribution in [0.15, 0.2) is 47.3 Å². The predicted molar refractivity (Wildman–Crippen MR) is 115 cm³/mol. The third-order valence-electron chi connectivity index (χ3n) is 4.81. The molecular weight excluding hydrogens is 366 g/mol. The van der Waals surface area contributed by atoms with Crippen LogP contribution in [0, 0.1) is 6.92 Å². The smallest absolute Gasteiger partial charge is 0.273 e. The van der Waals surface area contributed by atoms with Crippen molar-refractivity contribution in [2.75, 3.05) is 13.2 Å². The van der Waals surface area contributed by atoms with Gasteiger partial charge in [0.05, 0.1) is 11.0 Å². The number of fused-ring (bicyclic) bond motifs is 1. The van der Waals surface area contributed by atoms with E-state index < -0.39 is 17.9 Å². The van der Waals surface area contributed by atoms with Crippen LogP contribution in [0.1, 0.15) is 32.0 Å². The van der Waals surface area contributed by atoms with Gasteiger partial charge in [0.1, 0.15) is 12.3 Å². The molecule has 2 aromatic carbocycles. The molecule has 1 aromatic heterocycles. The van der Waals surface area contributed by atoms with Gasteiger partial charge in [-0.25, -0.2) is 4.98 Å². The van der Waals surface area contributed by atoms with Gasteiger partial charge in [-0.15, -0.1) is 0 Å². The first kappa shape index (κ1) is 20.7. The Morgan fingerprint density at radius 3 is 2.52 bits per heavy atom. The molecule has 3 aromatic rings. The minimum Gasteiger partial charge on any atom is -0.387 e. The average Bonchev–Trinajstić information content (AvgIpc) is 2.67. The van der Waals surface area contributed by atoms with E-state index in [9.17, 15) is 9.59 Å². The molecule has 6 heteroatoms. The van der Waals surface area contributed by atoms with Gasteiger partial charge in [0.15, 0.2) is 0 Å². The number of carbonyl (C=O) groups is 1. The van der Waals surface area contributed by atoms with Crippen LogP contribution in [-0.4, -0.2) is 33.7 Å². The molecule has 1 amide bonds. The van der Waals surface area contributed by atoms with Crippen molar-refractivity contribution < 1.29 is 9.90 Å². The number of amides is 1. The van der Waals surface area contributed by atoms with Gasteiger partial charge in [-0.3, -0.25) is 9.59 Å². The average molecular weight is 393 g/mol. The van der Waals surface area contributed by atoms with Crippen molar-refractivity contribution in [2.45, 2.75) is 39.7 Å². The molecule has 0 saturated carbocycles. The van der Waals surface area contributed by atoms with Gasteiger partial charge < -0.3 is 15.0 Å². The SMILES string of the molecule is Cc1cccc(-c2ccc3nc(C(C)(C)C)c(=O)n(CCNC(=O)CO)c3c2)c1. The van der Waals surface area contributed by atoms with Crippen molar-refractivity contribution in [3.8, 4) is 11.1 Å². The Balaban J connectivity index is 2.15. The van der Waals surface area contributed by atoms with Crippen LogP contribution in [-0.2, 0) is 16.8 Å². The molecule has 0 atom stereocenters. The number of aromatic nitrogens is 2.